The fourth-order valence-corrected chi connectivity index (χ4v) is 3.22. The maximum absolute atomic E-state index is 12.5. The molecule has 1 heterocycles. The third-order valence-electron chi connectivity index (χ3n) is 3.94. The molecule has 7 heteroatoms. The van der Waals surface area contributed by atoms with Crippen LogP contribution >= 0.6 is 11.3 Å². The fraction of sp³-hybridized carbons (Fsp3) is 0.333. The second kappa shape index (κ2) is 8.53. The van der Waals surface area contributed by atoms with Crippen molar-refractivity contribution < 1.29 is 24.2 Å². The number of amides is 1. The predicted molar refractivity (Wildman–Crippen MR) is 95.4 cm³/mol. The van der Waals surface area contributed by atoms with Crippen LogP contribution in [0.2, 0.25) is 0 Å². The van der Waals surface area contributed by atoms with E-state index < -0.39 is 12.0 Å². The smallest absolute Gasteiger partial charge is 0.305 e. The van der Waals surface area contributed by atoms with Gasteiger partial charge in [0.2, 0.25) is 5.91 Å². The van der Waals surface area contributed by atoms with E-state index in [0.29, 0.717) is 17.1 Å². The van der Waals surface area contributed by atoms with Gasteiger partial charge in [-0.25, -0.2) is 0 Å². The van der Waals surface area contributed by atoms with Crippen LogP contribution in [0.25, 0.3) is 0 Å². The molecule has 0 radical (unpaired) electrons. The van der Waals surface area contributed by atoms with Crippen molar-refractivity contribution in [1.82, 2.24) is 5.32 Å². The van der Waals surface area contributed by atoms with Gasteiger partial charge in [-0.15, -0.1) is 0 Å². The zero-order valence-corrected chi connectivity index (χ0v) is 15.1. The summed E-state index contributed by atoms with van der Waals surface area (Å²) in [6, 6.07) is 6.33. The van der Waals surface area contributed by atoms with Gasteiger partial charge in [0.15, 0.2) is 11.5 Å². The molecular weight excluding hydrogens is 342 g/mol. The van der Waals surface area contributed by atoms with Gasteiger partial charge >= 0.3 is 5.97 Å². The number of hydrogen-bond acceptors (Lipinski definition) is 5. The average Bonchev–Trinajstić information content (AvgIpc) is 3.13. The van der Waals surface area contributed by atoms with Gasteiger partial charge in [-0.2, -0.15) is 11.3 Å². The van der Waals surface area contributed by atoms with Crippen molar-refractivity contribution in [2.45, 2.75) is 25.3 Å². The van der Waals surface area contributed by atoms with E-state index in [1.165, 1.54) is 25.6 Å². The van der Waals surface area contributed by atoms with Gasteiger partial charge in [-0.1, -0.05) is 6.07 Å². The summed E-state index contributed by atoms with van der Waals surface area (Å²) in [5.41, 5.74) is 1.55. The van der Waals surface area contributed by atoms with E-state index in [1.54, 1.807) is 25.1 Å². The van der Waals surface area contributed by atoms with Crippen LogP contribution in [0.1, 0.15) is 36.4 Å². The van der Waals surface area contributed by atoms with Crippen molar-refractivity contribution in [3.8, 4) is 11.5 Å². The number of carbonyl (C=O) groups is 2. The number of ether oxygens (including phenoxy) is 2. The molecule has 0 fully saturated rings. The maximum Gasteiger partial charge on any atom is 0.305 e. The Balaban J connectivity index is 2.24. The van der Waals surface area contributed by atoms with Gasteiger partial charge in [-0.05, 0) is 47.0 Å². The van der Waals surface area contributed by atoms with Crippen LogP contribution in [0.4, 0.5) is 0 Å². The average molecular weight is 363 g/mol. The minimum absolute atomic E-state index is 0.223. The second-order valence-corrected chi connectivity index (χ2v) is 6.33. The monoisotopic (exact) mass is 363 g/mol. The molecule has 2 rings (SSSR count). The summed E-state index contributed by atoms with van der Waals surface area (Å²) in [5.74, 6) is -0.556. The zero-order valence-electron chi connectivity index (χ0n) is 14.3. The highest BCUT2D eigenvalue weighted by molar-refractivity contribution is 7.08. The fourth-order valence-electron chi connectivity index (χ4n) is 2.47. The van der Waals surface area contributed by atoms with E-state index >= 15 is 0 Å². The molecule has 2 N–H and O–H groups in total. The van der Waals surface area contributed by atoms with Crippen molar-refractivity contribution in [3.05, 3.63) is 46.2 Å². The molecular formula is C18H21NO5S. The molecule has 0 bridgehead atoms. The minimum atomic E-state index is -0.997. The Morgan fingerprint density at radius 2 is 1.88 bits per heavy atom. The maximum atomic E-state index is 12.5. The molecule has 0 aliphatic heterocycles. The zero-order chi connectivity index (χ0) is 18.4. The molecule has 0 aliphatic rings. The van der Waals surface area contributed by atoms with Crippen molar-refractivity contribution in [3.63, 3.8) is 0 Å². The van der Waals surface area contributed by atoms with Gasteiger partial charge in [0.25, 0.3) is 0 Å². The first-order valence-electron chi connectivity index (χ1n) is 7.72. The lowest BCUT2D eigenvalue weighted by molar-refractivity contribution is -0.137. The lowest BCUT2D eigenvalue weighted by Gasteiger charge is -2.21. The van der Waals surface area contributed by atoms with E-state index in [-0.39, 0.29) is 18.2 Å². The molecule has 2 atom stereocenters. The lowest BCUT2D eigenvalue weighted by Crippen LogP contribution is -2.33. The Morgan fingerprint density at radius 1 is 1.16 bits per heavy atom. The first kappa shape index (κ1) is 18.8. The van der Waals surface area contributed by atoms with Gasteiger partial charge in [0.05, 0.1) is 32.6 Å². The van der Waals surface area contributed by atoms with Crippen LogP contribution in [0.3, 0.4) is 0 Å². The topological polar surface area (TPSA) is 84.9 Å². The summed E-state index contributed by atoms with van der Waals surface area (Å²) >= 11 is 1.52. The number of methoxy groups -OCH3 is 2. The first-order chi connectivity index (χ1) is 12.0. The SMILES string of the molecule is COc1ccc(C(CC(=O)O)NC(=O)C(C)c2ccsc2)cc1OC. The normalized spacial score (nSPS) is 12.9. The first-order valence-corrected chi connectivity index (χ1v) is 8.66. The van der Waals surface area contributed by atoms with Gasteiger partial charge in [-0.3, -0.25) is 9.59 Å². The molecule has 134 valence electrons. The number of hydrogen-bond donors (Lipinski definition) is 2. The number of nitrogens with one attached hydrogen (secondary N) is 1. The Bertz CT molecular complexity index is 729. The number of aliphatic carboxylic acids is 1. The highest BCUT2D eigenvalue weighted by Gasteiger charge is 2.23. The summed E-state index contributed by atoms with van der Waals surface area (Å²) in [5, 5.41) is 15.8. The molecule has 2 aromatic rings. The number of benzene rings is 1. The number of carbonyl (C=O) groups excluding carboxylic acids is 1. The predicted octanol–water partition coefficient (Wildman–Crippen LogP) is 3.20. The van der Waals surface area contributed by atoms with Gasteiger partial charge in [0.1, 0.15) is 0 Å². The molecule has 6 nitrogen and oxygen atoms in total. The van der Waals surface area contributed by atoms with Gasteiger partial charge < -0.3 is 19.9 Å². The summed E-state index contributed by atoms with van der Waals surface area (Å²) in [6.07, 6.45) is -0.225. The quantitative estimate of drug-likeness (QED) is 0.752. The van der Waals surface area contributed by atoms with Crippen LogP contribution < -0.4 is 14.8 Å². The van der Waals surface area contributed by atoms with Gasteiger partial charge in [0, 0.05) is 0 Å². The standard InChI is InChI=1S/C18H21NO5S/c1-11(13-6-7-25-10-13)18(22)19-14(9-17(20)21)12-4-5-15(23-2)16(8-12)24-3/h4-8,10-11,14H,9H2,1-3H3,(H,19,22)(H,20,21). The highest BCUT2D eigenvalue weighted by Crippen LogP contribution is 2.31. The number of rotatable bonds is 8. The molecule has 0 saturated heterocycles. The Hall–Kier alpha value is -2.54. The number of carboxylic acid groups (broad SMARTS) is 1. The minimum Gasteiger partial charge on any atom is -0.493 e. The lowest BCUT2D eigenvalue weighted by atomic mass is 9.99. The van der Waals surface area contributed by atoms with E-state index in [9.17, 15) is 14.7 Å². The molecule has 0 saturated carbocycles. The summed E-state index contributed by atoms with van der Waals surface area (Å²) in [7, 11) is 3.03. The van der Waals surface area contributed by atoms with E-state index in [4.69, 9.17) is 9.47 Å². The third-order valence-corrected chi connectivity index (χ3v) is 4.64. The van der Waals surface area contributed by atoms with Crippen molar-refractivity contribution >= 4 is 23.2 Å². The summed E-state index contributed by atoms with van der Waals surface area (Å²) < 4.78 is 10.5. The molecule has 0 spiro atoms. The van der Waals surface area contributed by atoms with E-state index in [1.807, 2.05) is 16.8 Å². The number of carboxylic acids is 1. The highest BCUT2D eigenvalue weighted by atomic mass is 32.1. The van der Waals surface area contributed by atoms with E-state index in [2.05, 4.69) is 5.32 Å². The molecule has 2 unspecified atom stereocenters. The summed E-state index contributed by atoms with van der Waals surface area (Å²) in [6.45, 7) is 1.80. The van der Waals surface area contributed by atoms with Crippen LogP contribution in [-0.4, -0.2) is 31.2 Å². The third kappa shape index (κ3) is 4.73. The largest absolute Gasteiger partial charge is 0.493 e. The van der Waals surface area contributed by atoms with Crippen LogP contribution in [-0.2, 0) is 9.59 Å². The Morgan fingerprint density at radius 3 is 2.44 bits per heavy atom. The molecule has 25 heavy (non-hydrogen) atoms. The number of thiophene rings is 1. The molecule has 1 amide bonds. The molecule has 1 aromatic heterocycles. The van der Waals surface area contributed by atoms with Crippen LogP contribution in [0.5, 0.6) is 11.5 Å². The summed E-state index contributed by atoms with van der Waals surface area (Å²) in [4.78, 5) is 23.8. The van der Waals surface area contributed by atoms with Crippen LogP contribution in [0.15, 0.2) is 35.0 Å². The van der Waals surface area contributed by atoms with Crippen molar-refractivity contribution in [2.24, 2.45) is 0 Å². The second-order valence-electron chi connectivity index (χ2n) is 5.55. The molecule has 1 aromatic carbocycles. The van der Waals surface area contributed by atoms with Crippen molar-refractivity contribution in [1.29, 1.82) is 0 Å². The van der Waals surface area contributed by atoms with E-state index in [0.717, 1.165) is 5.56 Å². The Kier molecular flexibility index (Phi) is 6.41. The Labute approximate surface area is 150 Å². The van der Waals surface area contributed by atoms with Crippen molar-refractivity contribution in [2.75, 3.05) is 14.2 Å². The van der Waals surface area contributed by atoms with Crippen LogP contribution in [0, 0.1) is 0 Å². The molecule has 0 aliphatic carbocycles.